The summed E-state index contributed by atoms with van der Waals surface area (Å²) in [6.07, 6.45) is 5.10. The molecule has 8 heteroatoms. The number of piperazine rings is 1. The lowest BCUT2D eigenvalue weighted by atomic mass is 10.3. The molecule has 0 aliphatic carbocycles. The van der Waals surface area contributed by atoms with Gasteiger partial charge >= 0.3 is 0 Å². The largest absolute Gasteiger partial charge is 0.353 e. The molecule has 1 aliphatic heterocycles. The Kier molecular flexibility index (Phi) is 5.50. The van der Waals surface area contributed by atoms with Gasteiger partial charge in [0.2, 0.25) is 5.91 Å². The van der Waals surface area contributed by atoms with Crippen molar-refractivity contribution >= 4 is 40.6 Å². The first kappa shape index (κ1) is 17.0. The first-order valence-corrected chi connectivity index (χ1v) is 8.35. The van der Waals surface area contributed by atoms with Crippen LogP contribution in [-0.2, 0) is 4.79 Å². The Labute approximate surface area is 150 Å². The van der Waals surface area contributed by atoms with Gasteiger partial charge in [-0.3, -0.25) is 14.7 Å². The fourth-order valence-corrected chi connectivity index (χ4v) is 2.87. The average molecular weight is 366 g/mol. The number of amides is 1. The first-order chi connectivity index (χ1) is 11.6. The second-order valence-electron chi connectivity index (χ2n) is 5.50. The maximum atomic E-state index is 12.2. The monoisotopic (exact) mass is 365 g/mol. The normalized spacial score (nSPS) is 15.3. The summed E-state index contributed by atoms with van der Waals surface area (Å²) in [7, 11) is 0. The van der Waals surface area contributed by atoms with Crippen LogP contribution in [0.4, 0.5) is 11.5 Å². The van der Waals surface area contributed by atoms with Crippen LogP contribution in [0.15, 0.2) is 36.8 Å². The molecule has 2 aromatic rings. The zero-order chi connectivity index (χ0) is 16.9. The Hall–Kier alpha value is -1.89. The predicted molar refractivity (Wildman–Crippen MR) is 95.8 cm³/mol. The molecule has 24 heavy (non-hydrogen) atoms. The Morgan fingerprint density at radius 1 is 1.12 bits per heavy atom. The SMILES string of the molecule is O=C(CN1CCN(c2cnccn2)CC1)Nc1ccc(Cl)c(Cl)c1. The summed E-state index contributed by atoms with van der Waals surface area (Å²) in [6.45, 7) is 3.57. The van der Waals surface area contributed by atoms with E-state index >= 15 is 0 Å². The highest BCUT2D eigenvalue weighted by Crippen LogP contribution is 2.25. The summed E-state index contributed by atoms with van der Waals surface area (Å²) in [5.41, 5.74) is 0.646. The number of anilines is 2. The molecule has 1 amide bonds. The van der Waals surface area contributed by atoms with E-state index in [1.807, 2.05) is 0 Å². The van der Waals surface area contributed by atoms with Crippen molar-refractivity contribution in [2.75, 3.05) is 42.9 Å². The number of hydrogen-bond donors (Lipinski definition) is 1. The molecule has 126 valence electrons. The van der Waals surface area contributed by atoms with E-state index in [-0.39, 0.29) is 5.91 Å². The van der Waals surface area contributed by atoms with Gasteiger partial charge in [-0.1, -0.05) is 23.2 Å². The van der Waals surface area contributed by atoms with Crippen molar-refractivity contribution in [2.24, 2.45) is 0 Å². The number of carbonyl (C=O) groups is 1. The molecule has 1 N–H and O–H groups in total. The number of halogens is 2. The van der Waals surface area contributed by atoms with Gasteiger partial charge in [0.05, 0.1) is 22.8 Å². The molecule has 0 spiro atoms. The van der Waals surface area contributed by atoms with E-state index in [4.69, 9.17) is 23.2 Å². The summed E-state index contributed by atoms with van der Waals surface area (Å²) in [5, 5.41) is 3.73. The molecule has 0 radical (unpaired) electrons. The molecule has 2 heterocycles. The van der Waals surface area contributed by atoms with Crippen molar-refractivity contribution < 1.29 is 4.79 Å². The van der Waals surface area contributed by atoms with Crippen LogP contribution in [0, 0.1) is 0 Å². The highest BCUT2D eigenvalue weighted by atomic mass is 35.5. The first-order valence-electron chi connectivity index (χ1n) is 7.60. The second kappa shape index (κ2) is 7.79. The number of aromatic nitrogens is 2. The molecule has 0 saturated carbocycles. The Balaban J connectivity index is 1.49. The Morgan fingerprint density at radius 2 is 1.92 bits per heavy atom. The number of rotatable bonds is 4. The summed E-state index contributed by atoms with van der Waals surface area (Å²) in [4.78, 5) is 24.8. The van der Waals surface area contributed by atoms with E-state index in [0.717, 1.165) is 32.0 Å². The standard InChI is InChI=1S/C16H17Cl2N5O/c17-13-2-1-12(9-14(13)18)21-16(24)11-22-5-7-23(8-6-22)15-10-19-3-4-20-15/h1-4,9-10H,5-8,11H2,(H,21,24). The summed E-state index contributed by atoms with van der Waals surface area (Å²) in [6, 6.07) is 5.05. The minimum absolute atomic E-state index is 0.0682. The Bertz CT molecular complexity index is 705. The van der Waals surface area contributed by atoms with Gasteiger partial charge in [0.25, 0.3) is 0 Å². The van der Waals surface area contributed by atoms with Crippen LogP contribution >= 0.6 is 23.2 Å². The number of nitrogens with zero attached hydrogens (tertiary/aromatic N) is 4. The summed E-state index contributed by atoms with van der Waals surface area (Å²) < 4.78 is 0. The van der Waals surface area contributed by atoms with Gasteiger partial charge in [0.1, 0.15) is 5.82 Å². The smallest absolute Gasteiger partial charge is 0.238 e. The zero-order valence-electron chi connectivity index (χ0n) is 13.0. The minimum Gasteiger partial charge on any atom is -0.353 e. The third kappa shape index (κ3) is 4.35. The summed E-state index contributed by atoms with van der Waals surface area (Å²) in [5.74, 6) is 0.804. The van der Waals surface area contributed by atoms with Crippen LogP contribution < -0.4 is 10.2 Å². The van der Waals surface area contributed by atoms with Crippen LogP contribution in [-0.4, -0.2) is 53.5 Å². The number of hydrogen-bond acceptors (Lipinski definition) is 5. The third-order valence-electron chi connectivity index (χ3n) is 3.82. The number of nitrogens with one attached hydrogen (secondary N) is 1. The van der Waals surface area contributed by atoms with Crippen molar-refractivity contribution in [3.05, 3.63) is 46.8 Å². The molecule has 0 unspecified atom stereocenters. The van der Waals surface area contributed by atoms with Crippen molar-refractivity contribution in [1.82, 2.24) is 14.9 Å². The third-order valence-corrected chi connectivity index (χ3v) is 4.56. The topological polar surface area (TPSA) is 61.4 Å². The molecule has 1 aromatic carbocycles. The van der Waals surface area contributed by atoms with Gasteiger partial charge in [-0.2, -0.15) is 0 Å². The van der Waals surface area contributed by atoms with Crippen LogP contribution in [0.3, 0.4) is 0 Å². The summed E-state index contributed by atoms with van der Waals surface area (Å²) >= 11 is 11.8. The molecule has 1 fully saturated rings. The minimum atomic E-state index is -0.0682. The van der Waals surface area contributed by atoms with Crippen LogP contribution in [0.1, 0.15) is 0 Å². The van der Waals surface area contributed by atoms with Crippen molar-refractivity contribution in [2.45, 2.75) is 0 Å². The molecular weight excluding hydrogens is 349 g/mol. The maximum absolute atomic E-state index is 12.2. The maximum Gasteiger partial charge on any atom is 0.238 e. The van der Waals surface area contributed by atoms with Gasteiger partial charge in [0, 0.05) is 44.3 Å². The lowest BCUT2D eigenvalue weighted by molar-refractivity contribution is -0.117. The highest BCUT2D eigenvalue weighted by molar-refractivity contribution is 6.42. The highest BCUT2D eigenvalue weighted by Gasteiger charge is 2.20. The van der Waals surface area contributed by atoms with Gasteiger partial charge in [-0.05, 0) is 18.2 Å². The molecule has 6 nitrogen and oxygen atoms in total. The van der Waals surface area contributed by atoms with E-state index in [9.17, 15) is 4.79 Å². The number of carbonyl (C=O) groups excluding carboxylic acids is 1. The lowest BCUT2D eigenvalue weighted by Gasteiger charge is -2.34. The van der Waals surface area contributed by atoms with Crippen LogP contribution in [0.2, 0.25) is 10.0 Å². The molecular formula is C16H17Cl2N5O. The van der Waals surface area contributed by atoms with Crippen LogP contribution in [0.25, 0.3) is 0 Å². The van der Waals surface area contributed by atoms with E-state index < -0.39 is 0 Å². The fourth-order valence-electron chi connectivity index (χ4n) is 2.57. The van der Waals surface area contributed by atoms with Gasteiger partial charge in [-0.15, -0.1) is 0 Å². The second-order valence-corrected chi connectivity index (χ2v) is 6.32. The molecule has 1 aromatic heterocycles. The lowest BCUT2D eigenvalue weighted by Crippen LogP contribution is -2.48. The van der Waals surface area contributed by atoms with Crippen molar-refractivity contribution in [3.8, 4) is 0 Å². The molecule has 1 saturated heterocycles. The van der Waals surface area contributed by atoms with E-state index in [1.54, 1.807) is 36.8 Å². The molecule has 0 bridgehead atoms. The fraction of sp³-hybridized carbons (Fsp3) is 0.312. The average Bonchev–Trinajstić information content (AvgIpc) is 2.59. The molecule has 1 aliphatic rings. The van der Waals surface area contributed by atoms with E-state index in [2.05, 4.69) is 25.1 Å². The zero-order valence-corrected chi connectivity index (χ0v) is 14.5. The van der Waals surface area contributed by atoms with Gasteiger partial charge in [-0.25, -0.2) is 4.98 Å². The number of benzene rings is 1. The predicted octanol–water partition coefficient (Wildman–Crippen LogP) is 2.54. The Morgan fingerprint density at radius 3 is 2.58 bits per heavy atom. The molecule has 3 rings (SSSR count). The van der Waals surface area contributed by atoms with Gasteiger partial charge in [0.15, 0.2) is 0 Å². The van der Waals surface area contributed by atoms with Crippen molar-refractivity contribution in [3.63, 3.8) is 0 Å². The van der Waals surface area contributed by atoms with Crippen molar-refractivity contribution in [1.29, 1.82) is 0 Å². The quantitative estimate of drug-likeness (QED) is 0.901. The molecule has 0 atom stereocenters. The van der Waals surface area contributed by atoms with Crippen LogP contribution in [0.5, 0.6) is 0 Å². The van der Waals surface area contributed by atoms with Gasteiger partial charge < -0.3 is 10.2 Å². The van der Waals surface area contributed by atoms with E-state index in [1.165, 1.54) is 0 Å². The van der Waals surface area contributed by atoms with E-state index in [0.29, 0.717) is 22.3 Å².